The fourth-order valence-electron chi connectivity index (χ4n) is 2.05. The average Bonchev–Trinajstić information content (AvgIpc) is 2.49. The first-order chi connectivity index (χ1) is 10.2. The summed E-state index contributed by atoms with van der Waals surface area (Å²) < 4.78 is 26.1. The van der Waals surface area contributed by atoms with E-state index in [1.807, 2.05) is 13.8 Å². The second kappa shape index (κ2) is 6.97. The lowest BCUT2D eigenvalue weighted by molar-refractivity contribution is 0.507. The van der Waals surface area contributed by atoms with Crippen molar-refractivity contribution in [2.45, 2.75) is 26.8 Å². The fourth-order valence-corrected chi connectivity index (χ4v) is 2.05. The number of nitrogens with one attached hydrogen (secondary N) is 2. The summed E-state index contributed by atoms with van der Waals surface area (Å²) in [5.41, 5.74) is 1.63. The first-order valence-electron chi connectivity index (χ1n) is 6.91. The van der Waals surface area contributed by atoms with Crippen molar-refractivity contribution < 1.29 is 8.78 Å². The van der Waals surface area contributed by atoms with Gasteiger partial charge in [-0.2, -0.15) is 0 Å². The minimum atomic E-state index is -0.846. The highest BCUT2D eigenvalue weighted by atomic mass is 19.2. The minimum Gasteiger partial charge on any atom is -0.370 e. The van der Waals surface area contributed by atoms with Gasteiger partial charge in [-0.3, -0.25) is 0 Å². The molecule has 2 aromatic rings. The number of nitrogens with zero attached hydrogens (tertiary/aromatic N) is 2. The van der Waals surface area contributed by atoms with Gasteiger partial charge in [-0.25, -0.2) is 18.7 Å². The van der Waals surface area contributed by atoms with Crippen LogP contribution in [-0.4, -0.2) is 16.5 Å². The Morgan fingerprint density at radius 1 is 1.00 bits per heavy atom. The van der Waals surface area contributed by atoms with E-state index in [4.69, 9.17) is 0 Å². The van der Waals surface area contributed by atoms with Gasteiger partial charge in [0.15, 0.2) is 11.6 Å². The molecule has 0 spiro atoms. The third kappa shape index (κ3) is 3.65. The molecule has 0 amide bonds. The summed E-state index contributed by atoms with van der Waals surface area (Å²) in [6, 6.07) is 3.85. The van der Waals surface area contributed by atoms with Crippen LogP contribution in [0.3, 0.4) is 0 Å². The minimum absolute atomic E-state index is 0.368. The van der Waals surface area contributed by atoms with Gasteiger partial charge >= 0.3 is 0 Å². The molecular formula is C15H18F2N4. The van der Waals surface area contributed by atoms with Crippen LogP contribution in [0.15, 0.2) is 24.5 Å². The second-order valence-electron chi connectivity index (χ2n) is 4.54. The van der Waals surface area contributed by atoms with E-state index in [0.29, 0.717) is 17.9 Å². The van der Waals surface area contributed by atoms with Crippen LogP contribution in [0, 0.1) is 11.6 Å². The number of rotatable bonds is 6. The van der Waals surface area contributed by atoms with Crippen molar-refractivity contribution in [2.75, 3.05) is 17.2 Å². The zero-order chi connectivity index (χ0) is 15.2. The smallest absolute Gasteiger partial charge is 0.159 e. The second-order valence-corrected chi connectivity index (χ2v) is 4.54. The normalized spacial score (nSPS) is 10.5. The molecule has 0 saturated carbocycles. The van der Waals surface area contributed by atoms with E-state index in [2.05, 4.69) is 20.6 Å². The average molecular weight is 292 g/mol. The Balaban J connectivity index is 2.15. The summed E-state index contributed by atoms with van der Waals surface area (Å²) >= 11 is 0. The van der Waals surface area contributed by atoms with Crippen LogP contribution in [0.25, 0.3) is 0 Å². The van der Waals surface area contributed by atoms with E-state index in [-0.39, 0.29) is 0 Å². The van der Waals surface area contributed by atoms with Crippen molar-refractivity contribution in [1.29, 1.82) is 0 Å². The highest BCUT2D eigenvalue weighted by Crippen LogP contribution is 2.21. The van der Waals surface area contributed by atoms with Gasteiger partial charge < -0.3 is 10.6 Å². The molecule has 21 heavy (non-hydrogen) atoms. The topological polar surface area (TPSA) is 49.8 Å². The van der Waals surface area contributed by atoms with E-state index < -0.39 is 11.6 Å². The summed E-state index contributed by atoms with van der Waals surface area (Å²) in [5, 5.41) is 6.33. The van der Waals surface area contributed by atoms with Gasteiger partial charge in [0.2, 0.25) is 0 Å². The van der Waals surface area contributed by atoms with Gasteiger partial charge in [0.1, 0.15) is 18.0 Å². The Hall–Kier alpha value is -2.24. The molecule has 2 N–H and O–H groups in total. The van der Waals surface area contributed by atoms with E-state index in [1.165, 1.54) is 12.4 Å². The largest absolute Gasteiger partial charge is 0.370 e. The van der Waals surface area contributed by atoms with Crippen molar-refractivity contribution in [1.82, 2.24) is 9.97 Å². The lowest BCUT2D eigenvalue weighted by Gasteiger charge is -2.13. The summed E-state index contributed by atoms with van der Waals surface area (Å²) in [6.07, 6.45) is 2.24. The van der Waals surface area contributed by atoms with E-state index >= 15 is 0 Å². The first kappa shape index (κ1) is 15.2. The Kier molecular flexibility index (Phi) is 5.03. The Bertz CT molecular complexity index is 617. The zero-order valence-corrected chi connectivity index (χ0v) is 12.1. The maximum Gasteiger partial charge on any atom is 0.159 e. The predicted octanol–water partition coefficient (Wildman–Crippen LogP) is 3.36. The van der Waals surface area contributed by atoms with Gasteiger partial charge in [0.25, 0.3) is 0 Å². The summed E-state index contributed by atoms with van der Waals surface area (Å²) in [6.45, 7) is 5.15. The van der Waals surface area contributed by atoms with Gasteiger partial charge in [-0.15, -0.1) is 0 Å². The quantitative estimate of drug-likeness (QED) is 0.857. The Labute approximate surface area is 122 Å². The van der Waals surface area contributed by atoms with Gasteiger partial charge in [0.05, 0.1) is 0 Å². The number of anilines is 2. The lowest BCUT2D eigenvalue weighted by atomic mass is 10.2. The van der Waals surface area contributed by atoms with Crippen molar-refractivity contribution in [3.8, 4) is 0 Å². The van der Waals surface area contributed by atoms with Crippen molar-refractivity contribution >= 4 is 11.6 Å². The standard InChI is InChI=1S/C15H18F2N4/c1-3-11-14(18-4-2)20-9-21-15(11)19-8-10-5-6-12(16)13(17)7-10/h5-7,9H,3-4,8H2,1-2H3,(H2,18,19,20,21). The molecule has 2 rings (SSSR count). The van der Waals surface area contributed by atoms with Crippen LogP contribution in [0.5, 0.6) is 0 Å². The molecule has 0 radical (unpaired) electrons. The maximum atomic E-state index is 13.2. The van der Waals surface area contributed by atoms with Crippen LogP contribution in [-0.2, 0) is 13.0 Å². The van der Waals surface area contributed by atoms with E-state index in [9.17, 15) is 8.78 Å². The van der Waals surface area contributed by atoms with Gasteiger partial charge in [-0.05, 0) is 31.0 Å². The van der Waals surface area contributed by atoms with Crippen molar-refractivity contribution in [3.63, 3.8) is 0 Å². The van der Waals surface area contributed by atoms with Crippen molar-refractivity contribution in [3.05, 3.63) is 47.3 Å². The molecule has 0 bridgehead atoms. The molecule has 0 aliphatic heterocycles. The molecule has 6 heteroatoms. The van der Waals surface area contributed by atoms with Gasteiger partial charge in [-0.1, -0.05) is 13.0 Å². The summed E-state index contributed by atoms with van der Waals surface area (Å²) in [7, 11) is 0. The molecule has 4 nitrogen and oxygen atoms in total. The molecule has 1 aromatic heterocycles. The maximum absolute atomic E-state index is 13.2. The molecule has 0 saturated heterocycles. The molecule has 112 valence electrons. The number of hydrogen-bond acceptors (Lipinski definition) is 4. The van der Waals surface area contributed by atoms with E-state index in [1.54, 1.807) is 6.07 Å². The number of hydrogen-bond donors (Lipinski definition) is 2. The fraction of sp³-hybridized carbons (Fsp3) is 0.333. The van der Waals surface area contributed by atoms with E-state index in [0.717, 1.165) is 30.4 Å². The van der Waals surface area contributed by atoms with Gasteiger partial charge in [0, 0.05) is 18.7 Å². The summed E-state index contributed by atoms with van der Waals surface area (Å²) in [5.74, 6) is -0.193. The highest BCUT2D eigenvalue weighted by molar-refractivity contribution is 5.57. The zero-order valence-electron chi connectivity index (χ0n) is 12.1. The molecule has 0 unspecified atom stereocenters. The molecule has 1 aromatic carbocycles. The molecule has 0 aliphatic carbocycles. The van der Waals surface area contributed by atoms with Crippen LogP contribution in [0.1, 0.15) is 25.0 Å². The molecule has 0 atom stereocenters. The van der Waals surface area contributed by atoms with Crippen LogP contribution in [0.4, 0.5) is 20.4 Å². The Morgan fingerprint density at radius 2 is 1.71 bits per heavy atom. The SMILES string of the molecule is CCNc1ncnc(NCc2ccc(F)c(F)c2)c1CC. The monoisotopic (exact) mass is 292 g/mol. The van der Waals surface area contributed by atoms with Crippen LogP contribution >= 0.6 is 0 Å². The summed E-state index contributed by atoms with van der Waals surface area (Å²) in [4.78, 5) is 8.43. The third-order valence-electron chi connectivity index (χ3n) is 3.09. The predicted molar refractivity (Wildman–Crippen MR) is 79.3 cm³/mol. The third-order valence-corrected chi connectivity index (χ3v) is 3.09. The number of aromatic nitrogens is 2. The first-order valence-corrected chi connectivity index (χ1v) is 6.91. The molecule has 1 heterocycles. The number of halogens is 2. The Morgan fingerprint density at radius 3 is 2.33 bits per heavy atom. The highest BCUT2D eigenvalue weighted by Gasteiger charge is 2.09. The molecule has 0 aliphatic rings. The molecule has 0 fully saturated rings. The number of benzene rings is 1. The lowest BCUT2D eigenvalue weighted by Crippen LogP contribution is -2.10. The van der Waals surface area contributed by atoms with Crippen molar-refractivity contribution in [2.24, 2.45) is 0 Å². The van der Waals surface area contributed by atoms with Crippen LogP contribution in [0.2, 0.25) is 0 Å². The molecular weight excluding hydrogens is 274 g/mol. The van der Waals surface area contributed by atoms with Crippen LogP contribution < -0.4 is 10.6 Å².